The molecule has 2 amide bonds. The number of nitrogens with zero attached hydrogens (tertiary/aromatic N) is 3. The molecule has 49 heavy (non-hydrogen) atoms. The lowest BCUT2D eigenvalue weighted by Gasteiger charge is -2.38. The standard InChI is InChI=1S/C38H46N4O4S.C2H6/c1-38(2,3)33-18-17-32(47-33)35(43)41-31(36(44)42-22-30(23-42)37(45)46)19-24-9-11-28(12-10-24)34-39-20-29(21-40-34)27-15-13-26(14-16-27)25-7-5-4-6-8-25;1-2/h9-12,15,17-18,20-21,25-26,30-31H,4-8,13-14,16,19,22-23H2,1-3H3,(H,41,43)(H,45,46);1-2H3/t26?,31-;/m0./s1. The number of hydrogen-bond donors (Lipinski definition) is 2. The van der Waals surface area contributed by atoms with Crippen LogP contribution in [0.25, 0.3) is 17.0 Å². The van der Waals surface area contributed by atoms with E-state index in [2.05, 4.69) is 32.2 Å². The van der Waals surface area contributed by atoms with Crippen LogP contribution in [0.4, 0.5) is 0 Å². The third-order valence-electron chi connectivity index (χ3n) is 10.2. The van der Waals surface area contributed by atoms with Crippen LogP contribution in [0.3, 0.4) is 0 Å². The lowest BCUT2D eigenvalue weighted by Crippen LogP contribution is -2.59. The fourth-order valence-electron chi connectivity index (χ4n) is 7.15. The molecule has 1 unspecified atom stereocenters. The number of aromatic nitrogens is 2. The molecule has 262 valence electrons. The Morgan fingerprint density at radius 2 is 1.59 bits per heavy atom. The van der Waals surface area contributed by atoms with Crippen molar-refractivity contribution in [2.75, 3.05) is 13.1 Å². The molecule has 1 saturated heterocycles. The molecular weight excluding hydrogens is 633 g/mol. The van der Waals surface area contributed by atoms with E-state index >= 15 is 0 Å². The zero-order chi connectivity index (χ0) is 35.1. The van der Waals surface area contributed by atoms with Gasteiger partial charge in [0.05, 0.1) is 10.8 Å². The van der Waals surface area contributed by atoms with E-state index < -0.39 is 17.9 Å². The van der Waals surface area contributed by atoms with Gasteiger partial charge < -0.3 is 15.3 Å². The summed E-state index contributed by atoms with van der Waals surface area (Å²) in [5.41, 5.74) is 4.12. The minimum absolute atomic E-state index is 0.0847. The minimum atomic E-state index is -0.910. The monoisotopic (exact) mass is 684 g/mol. The van der Waals surface area contributed by atoms with Gasteiger partial charge in [-0.25, -0.2) is 9.97 Å². The summed E-state index contributed by atoms with van der Waals surface area (Å²) in [6.07, 6.45) is 17.1. The highest BCUT2D eigenvalue weighted by Gasteiger charge is 2.39. The Morgan fingerprint density at radius 1 is 0.918 bits per heavy atom. The van der Waals surface area contributed by atoms with E-state index in [1.807, 2.05) is 56.6 Å². The normalized spacial score (nSPS) is 19.2. The Balaban J connectivity index is 0.00000230. The summed E-state index contributed by atoms with van der Waals surface area (Å²) in [6, 6.07) is 10.7. The van der Waals surface area contributed by atoms with Gasteiger partial charge >= 0.3 is 5.97 Å². The fraction of sp³-hybridized carbons (Fsp3) is 0.525. The van der Waals surface area contributed by atoms with Gasteiger partial charge in [-0.1, -0.05) is 97.1 Å². The predicted molar refractivity (Wildman–Crippen MR) is 196 cm³/mol. The number of carbonyl (C=O) groups excluding carboxylic acids is 2. The minimum Gasteiger partial charge on any atom is -0.481 e. The SMILES string of the molecule is CC.CC(C)(C)c1ccc(C(=O)N[C@@H](Cc2ccc(-c3ncc(C4=CCC(C5CCCCC5)CC4)cn3)cc2)C(=O)N2CC(C(=O)O)C2)s1. The summed E-state index contributed by atoms with van der Waals surface area (Å²) in [5.74, 6) is 0.315. The zero-order valence-corrected chi connectivity index (χ0v) is 30.5. The number of aliphatic carboxylic acids is 1. The molecule has 2 N–H and O–H groups in total. The molecule has 1 aromatic carbocycles. The second-order valence-corrected chi connectivity index (χ2v) is 15.7. The van der Waals surface area contributed by atoms with Gasteiger partial charge in [0.2, 0.25) is 5.91 Å². The van der Waals surface area contributed by atoms with Crippen LogP contribution in [-0.4, -0.2) is 56.9 Å². The molecule has 3 heterocycles. The van der Waals surface area contributed by atoms with Crippen LogP contribution < -0.4 is 5.32 Å². The quantitative estimate of drug-likeness (QED) is 0.235. The van der Waals surface area contributed by atoms with Crippen molar-refractivity contribution in [2.24, 2.45) is 17.8 Å². The number of likely N-dealkylation sites (tertiary alicyclic amines) is 1. The number of allylic oxidation sites excluding steroid dienone is 2. The van der Waals surface area contributed by atoms with Gasteiger partial charge in [-0.15, -0.1) is 11.3 Å². The average Bonchev–Trinajstić information content (AvgIpc) is 3.61. The van der Waals surface area contributed by atoms with Gasteiger partial charge in [0.1, 0.15) is 6.04 Å². The maximum atomic E-state index is 13.5. The van der Waals surface area contributed by atoms with Crippen molar-refractivity contribution < 1.29 is 19.5 Å². The zero-order valence-electron chi connectivity index (χ0n) is 29.7. The van der Waals surface area contributed by atoms with Crippen molar-refractivity contribution in [2.45, 2.75) is 104 Å². The molecule has 3 aliphatic rings. The summed E-state index contributed by atoms with van der Waals surface area (Å²) in [6.45, 7) is 10.6. The number of amides is 2. The van der Waals surface area contributed by atoms with Crippen LogP contribution in [0.15, 0.2) is 54.9 Å². The summed E-state index contributed by atoms with van der Waals surface area (Å²) < 4.78 is 0. The van der Waals surface area contributed by atoms with Crippen molar-refractivity contribution in [1.82, 2.24) is 20.2 Å². The van der Waals surface area contributed by atoms with Crippen LogP contribution in [-0.2, 0) is 21.4 Å². The second-order valence-electron chi connectivity index (χ2n) is 14.6. The number of hydrogen-bond acceptors (Lipinski definition) is 6. The molecule has 0 spiro atoms. The van der Waals surface area contributed by atoms with Crippen molar-refractivity contribution in [3.05, 3.63) is 75.7 Å². The highest BCUT2D eigenvalue weighted by molar-refractivity contribution is 7.14. The Hall–Kier alpha value is -3.85. The van der Waals surface area contributed by atoms with E-state index in [9.17, 15) is 19.5 Å². The van der Waals surface area contributed by atoms with Crippen molar-refractivity contribution in [3.8, 4) is 11.4 Å². The Bertz CT molecular complexity index is 1610. The van der Waals surface area contributed by atoms with Gasteiger partial charge in [0.15, 0.2) is 5.82 Å². The molecule has 2 atom stereocenters. The number of nitrogens with one attached hydrogen (secondary N) is 1. The molecule has 6 rings (SSSR count). The summed E-state index contributed by atoms with van der Waals surface area (Å²) in [5, 5.41) is 12.3. The maximum absolute atomic E-state index is 13.5. The topological polar surface area (TPSA) is 112 Å². The highest BCUT2D eigenvalue weighted by Crippen LogP contribution is 2.39. The summed E-state index contributed by atoms with van der Waals surface area (Å²) in [4.78, 5) is 50.6. The molecule has 2 fully saturated rings. The van der Waals surface area contributed by atoms with Crippen molar-refractivity contribution >= 4 is 34.7 Å². The number of benzene rings is 1. The number of rotatable bonds is 9. The molecule has 2 aromatic heterocycles. The third kappa shape index (κ3) is 9.04. The Kier molecular flexibility index (Phi) is 12.1. The summed E-state index contributed by atoms with van der Waals surface area (Å²) in [7, 11) is 0. The van der Waals surface area contributed by atoms with E-state index in [-0.39, 0.29) is 36.7 Å². The van der Waals surface area contributed by atoms with E-state index in [1.54, 1.807) is 6.07 Å². The molecule has 9 heteroatoms. The van der Waals surface area contributed by atoms with E-state index in [0.717, 1.165) is 46.2 Å². The molecule has 1 saturated carbocycles. The molecule has 0 bridgehead atoms. The number of thiophene rings is 1. The number of carboxylic acid groups (broad SMARTS) is 1. The number of carbonyl (C=O) groups is 3. The van der Waals surface area contributed by atoms with Crippen LogP contribution in [0, 0.1) is 17.8 Å². The number of carboxylic acids is 1. The van der Waals surface area contributed by atoms with Crippen LogP contribution in [0.1, 0.15) is 112 Å². The lowest BCUT2D eigenvalue weighted by molar-refractivity contribution is -0.153. The van der Waals surface area contributed by atoms with Gasteiger partial charge in [-0.05, 0) is 59.8 Å². The Morgan fingerprint density at radius 3 is 2.16 bits per heavy atom. The Labute approximate surface area is 295 Å². The smallest absolute Gasteiger partial charge is 0.310 e. The molecule has 8 nitrogen and oxygen atoms in total. The van der Waals surface area contributed by atoms with Crippen LogP contribution in [0.5, 0.6) is 0 Å². The van der Waals surface area contributed by atoms with Gasteiger partial charge in [0, 0.05) is 47.9 Å². The maximum Gasteiger partial charge on any atom is 0.310 e. The first-order valence-corrected chi connectivity index (χ1v) is 18.9. The highest BCUT2D eigenvalue weighted by atomic mass is 32.1. The van der Waals surface area contributed by atoms with Crippen molar-refractivity contribution in [1.29, 1.82) is 0 Å². The first-order chi connectivity index (χ1) is 23.5. The first-order valence-electron chi connectivity index (χ1n) is 18.1. The molecule has 3 aromatic rings. The molecular formula is C40H52N4O4S. The van der Waals surface area contributed by atoms with E-state index in [4.69, 9.17) is 9.97 Å². The second kappa shape index (κ2) is 16.2. The fourth-order valence-corrected chi connectivity index (χ4v) is 8.11. The van der Waals surface area contributed by atoms with Gasteiger partial charge in [-0.2, -0.15) is 0 Å². The third-order valence-corrected chi connectivity index (χ3v) is 11.7. The van der Waals surface area contributed by atoms with E-state index in [1.165, 1.54) is 60.3 Å². The predicted octanol–water partition coefficient (Wildman–Crippen LogP) is 8.18. The van der Waals surface area contributed by atoms with Crippen LogP contribution >= 0.6 is 11.3 Å². The molecule has 0 radical (unpaired) electrons. The van der Waals surface area contributed by atoms with Crippen LogP contribution in [0.2, 0.25) is 0 Å². The first kappa shape index (κ1) is 36.4. The van der Waals surface area contributed by atoms with Gasteiger partial charge in [0.25, 0.3) is 5.91 Å². The largest absolute Gasteiger partial charge is 0.481 e. The molecule has 1 aliphatic heterocycles. The average molecular weight is 685 g/mol. The summed E-state index contributed by atoms with van der Waals surface area (Å²) >= 11 is 1.42. The van der Waals surface area contributed by atoms with Crippen molar-refractivity contribution in [3.63, 3.8) is 0 Å². The van der Waals surface area contributed by atoms with Gasteiger partial charge in [-0.3, -0.25) is 14.4 Å². The lowest BCUT2D eigenvalue weighted by atomic mass is 9.73. The van der Waals surface area contributed by atoms with E-state index in [0.29, 0.717) is 10.7 Å². The molecule has 2 aliphatic carbocycles.